The molecule has 1 aliphatic carbocycles. The van der Waals surface area contributed by atoms with Crippen molar-refractivity contribution in [2.24, 2.45) is 5.92 Å². The number of amides is 3. The summed E-state index contributed by atoms with van der Waals surface area (Å²) in [5, 5.41) is 1.56. The number of nitrogens with zero attached hydrogens (tertiary/aromatic N) is 3. The van der Waals surface area contributed by atoms with Crippen LogP contribution in [0.4, 0.5) is 10.5 Å². The van der Waals surface area contributed by atoms with E-state index in [2.05, 4.69) is 5.43 Å². The number of hydrogen-bond acceptors (Lipinski definition) is 4. The number of carbonyl (C=O) groups is 2. The third-order valence-corrected chi connectivity index (χ3v) is 4.42. The van der Waals surface area contributed by atoms with E-state index in [1.165, 1.54) is 4.90 Å². The molecule has 0 spiro atoms. The van der Waals surface area contributed by atoms with E-state index < -0.39 is 6.17 Å². The first-order valence-electron chi connectivity index (χ1n) is 8.27. The lowest BCUT2D eigenvalue weighted by Crippen LogP contribution is -2.51. The number of urea groups is 1. The van der Waals surface area contributed by atoms with E-state index in [4.69, 9.17) is 4.74 Å². The Morgan fingerprint density at radius 1 is 1.17 bits per heavy atom. The van der Waals surface area contributed by atoms with Crippen LogP contribution in [-0.2, 0) is 4.79 Å². The molecule has 3 amide bonds. The zero-order valence-electron chi connectivity index (χ0n) is 13.5. The van der Waals surface area contributed by atoms with Crippen LogP contribution in [0.15, 0.2) is 36.7 Å². The predicted octanol–water partition coefficient (Wildman–Crippen LogP) is 1.88. The average molecular weight is 328 g/mol. The van der Waals surface area contributed by atoms with E-state index in [0.29, 0.717) is 19.1 Å². The third kappa shape index (κ3) is 2.60. The highest BCUT2D eigenvalue weighted by molar-refractivity contribution is 6.03. The SMILES string of the molecule is CCOc1ccc(N2C=CN3C(=O)N(CC4CC4)NC3C2=O)cc1. The number of hydrazine groups is 1. The van der Waals surface area contributed by atoms with Crippen LogP contribution in [0.1, 0.15) is 19.8 Å². The molecule has 1 saturated carbocycles. The van der Waals surface area contributed by atoms with Gasteiger partial charge in [-0.05, 0) is 49.9 Å². The van der Waals surface area contributed by atoms with Crippen molar-refractivity contribution >= 4 is 17.6 Å². The molecule has 2 aliphatic heterocycles. The summed E-state index contributed by atoms with van der Waals surface area (Å²) in [6.45, 7) is 3.19. The van der Waals surface area contributed by atoms with Crippen LogP contribution in [0.5, 0.6) is 5.75 Å². The monoisotopic (exact) mass is 328 g/mol. The van der Waals surface area contributed by atoms with Crippen molar-refractivity contribution in [3.8, 4) is 5.75 Å². The summed E-state index contributed by atoms with van der Waals surface area (Å²) in [6.07, 6.45) is 4.92. The molecule has 1 atom stereocenters. The van der Waals surface area contributed by atoms with Crippen molar-refractivity contribution in [2.75, 3.05) is 18.1 Å². The van der Waals surface area contributed by atoms with E-state index in [9.17, 15) is 9.59 Å². The van der Waals surface area contributed by atoms with Crippen LogP contribution in [0, 0.1) is 5.92 Å². The Morgan fingerprint density at radius 2 is 1.92 bits per heavy atom. The second-order valence-corrected chi connectivity index (χ2v) is 6.21. The number of fused-ring (bicyclic) bond motifs is 1. The van der Waals surface area contributed by atoms with Gasteiger partial charge in [-0.15, -0.1) is 0 Å². The largest absolute Gasteiger partial charge is 0.494 e. The van der Waals surface area contributed by atoms with Crippen LogP contribution in [0.2, 0.25) is 0 Å². The molecule has 2 heterocycles. The van der Waals surface area contributed by atoms with Crippen molar-refractivity contribution in [3.05, 3.63) is 36.7 Å². The van der Waals surface area contributed by atoms with Crippen molar-refractivity contribution in [3.63, 3.8) is 0 Å². The maximum atomic E-state index is 12.8. The molecular weight excluding hydrogens is 308 g/mol. The minimum Gasteiger partial charge on any atom is -0.494 e. The van der Waals surface area contributed by atoms with E-state index in [0.717, 1.165) is 24.3 Å². The summed E-state index contributed by atoms with van der Waals surface area (Å²) in [5.74, 6) is 1.15. The first kappa shape index (κ1) is 15.0. The van der Waals surface area contributed by atoms with Gasteiger partial charge in [0.2, 0.25) is 0 Å². The van der Waals surface area contributed by atoms with E-state index in [1.807, 2.05) is 31.2 Å². The first-order chi connectivity index (χ1) is 11.7. The molecule has 1 N–H and O–H groups in total. The molecule has 3 aliphatic rings. The summed E-state index contributed by atoms with van der Waals surface area (Å²) in [6, 6.07) is 7.17. The molecule has 0 aromatic heterocycles. The maximum Gasteiger partial charge on any atom is 0.340 e. The molecule has 1 saturated heterocycles. The first-order valence-corrected chi connectivity index (χ1v) is 8.27. The Bertz CT molecular complexity index is 684. The van der Waals surface area contributed by atoms with E-state index >= 15 is 0 Å². The van der Waals surface area contributed by atoms with Gasteiger partial charge < -0.3 is 4.74 Å². The topological polar surface area (TPSA) is 65.1 Å². The number of hydrogen-bond donors (Lipinski definition) is 1. The molecule has 1 unspecified atom stereocenters. The molecule has 4 rings (SSSR count). The molecule has 0 bridgehead atoms. The summed E-state index contributed by atoms with van der Waals surface area (Å²) in [4.78, 5) is 28.1. The molecular formula is C17H20N4O3. The smallest absolute Gasteiger partial charge is 0.340 e. The van der Waals surface area contributed by atoms with Crippen molar-refractivity contribution in [2.45, 2.75) is 25.9 Å². The number of benzene rings is 1. The van der Waals surface area contributed by atoms with Crippen LogP contribution in [-0.4, -0.2) is 41.2 Å². The highest BCUT2D eigenvalue weighted by atomic mass is 16.5. The van der Waals surface area contributed by atoms with Gasteiger partial charge in [0.25, 0.3) is 5.91 Å². The van der Waals surface area contributed by atoms with Gasteiger partial charge in [-0.25, -0.2) is 4.79 Å². The van der Waals surface area contributed by atoms with Gasteiger partial charge in [0.05, 0.1) is 6.61 Å². The quantitative estimate of drug-likeness (QED) is 0.896. The van der Waals surface area contributed by atoms with Crippen molar-refractivity contribution in [1.29, 1.82) is 0 Å². The van der Waals surface area contributed by atoms with Gasteiger partial charge in [-0.2, -0.15) is 5.43 Å². The van der Waals surface area contributed by atoms with Gasteiger partial charge in [0, 0.05) is 24.6 Å². The molecule has 0 radical (unpaired) electrons. The second-order valence-electron chi connectivity index (χ2n) is 6.21. The zero-order chi connectivity index (χ0) is 16.7. The van der Waals surface area contributed by atoms with Gasteiger partial charge in [-0.1, -0.05) is 0 Å². The van der Waals surface area contributed by atoms with Crippen molar-refractivity contribution < 1.29 is 14.3 Å². The standard InChI is InChI=1S/C17H20N4O3/c1-2-24-14-7-5-13(6-8-14)19-9-10-20-15(16(19)22)18-21(17(20)23)11-12-3-4-12/h5-10,12,15,18H,2-4,11H2,1H3. The van der Waals surface area contributed by atoms with Gasteiger partial charge in [0.1, 0.15) is 5.75 Å². The minimum atomic E-state index is -0.673. The number of nitrogens with one attached hydrogen (secondary N) is 1. The third-order valence-electron chi connectivity index (χ3n) is 4.42. The highest BCUT2D eigenvalue weighted by Crippen LogP contribution is 2.32. The summed E-state index contributed by atoms with van der Waals surface area (Å²) in [5.41, 5.74) is 3.78. The molecule has 24 heavy (non-hydrogen) atoms. The molecule has 7 heteroatoms. The van der Waals surface area contributed by atoms with E-state index in [-0.39, 0.29) is 11.9 Å². The van der Waals surface area contributed by atoms with Crippen LogP contribution < -0.4 is 15.1 Å². The Kier molecular flexibility index (Phi) is 3.65. The zero-order valence-corrected chi connectivity index (χ0v) is 13.5. The maximum absolute atomic E-state index is 12.8. The van der Waals surface area contributed by atoms with Gasteiger partial charge >= 0.3 is 6.03 Å². The highest BCUT2D eigenvalue weighted by Gasteiger charge is 2.45. The average Bonchev–Trinajstić information content (AvgIpc) is 3.34. The minimum absolute atomic E-state index is 0.164. The summed E-state index contributed by atoms with van der Waals surface area (Å²) < 4.78 is 5.42. The number of ether oxygens (including phenoxy) is 1. The second kappa shape index (κ2) is 5.83. The Hall–Kier alpha value is -2.54. The van der Waals surface area contributed by atoms with E-state index in [1.54, 1.807) is 22.3 Å². The fourth-order valence-electron chi connectivity index (χ4n) is 2.95. The van der Waals surface area contributed by atoms with Crippen LogP contribution >= 0.6 is 0 Å². The lowest BCUT2D eigenvalue weighted by molar-refractivity contribution is -0.122. The number of rotatable bonds is 5. The molecule has 126 valence electrons. The molecule has 1 aromatic carbocycles. The lowest BCUT2D eigenvalue weighted by Gasteiger charge is -2.29. The summed E-state index contributed by atoms with van der Waals surface area (Å²) >= 11 is 0. The molecule has 2 fully saturated rings. The Labute approximate surface area is 140 Å². The molecule has 7 nitrogen and oxygen atoms in total. The summed E-state index contributed by atoms with van der Waals surface area (Å²) in [7, 11) is 0. The number of carbonyl (C=O) groups excluding carboxylic acids is 2. The van der Waals surface area contributed by atoms with Gasteiger partial charge in [-0.3, -0.25) is 19.6 Å². The van der Waals surface area contributed by atoms with Crippen molar-refractivity contribution in [1.82, 2.24) is 15.3 Å². The fraction of sp³-hybridized carbons (Fsp3) is 0.412. The normalized spacial score (nSPS) is 23.0. The lowest BCUT2D eigenvalue weighted by atomic mass is 10.2. The van der Waals surface area contributed by atoms with Gasteiger partial charge in [0.15, 0.2) is 6.17 Å². The molecule has 1 aromatic rings. The number of anilines is 1. The van der Waals surface area contributed by atoms with Crippen LogP contribution in [0.25, 0.3) is 0 Å². The predicted molar refractivity (Wildman–Crippen MR) is 87.8 cm³/mol. The Morgan fingerprint density at radius 3 is 2.58 bits per heavy atom. The van der Waals surface area contributed by atoms with Crippen LogP contribution in [0.3, 0.4) is 0 Å². The Balaban J connectivity index is 1.51. The fourth-order valence-corrected chi connectivity index (χ4v) is 2.95.